The van der Waals surface area contributed by atoms with Crippen LogP contribution in [0.2, 0.25) is 5.02 Å². The first-order valence-corrected chi connectivity index (χ1v) is 27.6. The number of nitrogens with one attached hydrogen (secondary N) is 4. The van der Waals surface area contributed by atoms with Crippen LogP contribution in [0.25, 0.3) is 16.1 Å². The van der Waals surface area contributed by atoms with E-state index in [2.05, 4.69) is 41.8 Å². The summed E-state index contributed by atoms with van der Waals surface area (Å²) in [7, 11) is 1.55. The first-order chi connectivity index (χ1) is 37.7. The zero-order valence-electron chi connectivity index (χ0n) is 45.6. The van der Waals surface area contributed by atoms with Gasteiger partial charge in [0.05, 0.1) is 38.1 Å². The van der Waals surface area contributed by atoms with Crippen molar-refractivity contribution in [2.75, 3.05) is 39.8 Å². The SMILES string of the molecule is Cc1sc2c(c1C)C(c1ccc(Cl)cc1)=N[C@@H](CC(=O)NC[C@H]1NC(=O)CNC(=O)[C@@H](Cc3ccc(-c4ccccc4)cc3)NC(=O)[C@@H]3C[C@@H](C)CN3C(=O)[C@H](C(C)(C)C)n3cc(nn3)COCCN(C)C1=O)c1nnc(C)n1-2. The molecular formula is C57H66ClN13O7S. The van der Waals surface area contributed by atoms with Crippen molar-refractivity contribution in [1.82, 2.24) is 60.8 Å². The summed E-state index contributed by atoms with van der Waals surface area (Å²) in [6.45, 7) is 13.2. The molecule has 0 saturated carbocycles. The molecule has 0 radical (unpaired) electrons. The number of nitrogens with zero attached hydrogens (tertiary/aromatic N) is 9. The number of hydrogen-bond acceptors (Lipinski definition) is 13. The van der Waals surface area contributed by atoms with Gasteiger partial charge in [-0.3, -0.25) is 38.3 Å². The van der Waals surface area contributed by atoms with Gasteiger partial charge in [-0.1, -0.05) is 111 Å². The number of aromatic nitrogens is 6. The third kappa shape index (κ3) is 12.6. The fourth-order valence-electron chi connectivity index (χ4n) is 10.3. The molecule has 0 unspecified atom stereocenters. The Morgan fingerprint density at radius 3 is 2.29 bits per heavy atom. The molecule has 6 heterocycles. The molecule has 3 aromatic heterocycles. The molecule has 20 nitrogen and oxygen atoms in total. The van der Waals surface area contributed by atoms with Crippen LogP contribution in [0, 0.1) is 32.1 Å². The summed E-state index contributed by atoms with van der Waals surface area (Å²) >= 11 is 7.90. The smallest absolute Gasteiger partial charge is 0.248 e. The van der Waals surface area contributed by atoms with Crippen LogP contribution in [0.4, 0.5) is 0 Å². The van der Waals surface area contributed by atoms with Gasteiger partial charge in [-0.15, -0.1) is 26.6 Å². The minimum absolute atomic E-state index is 0.00841. The molecule has 3 aliphatic rings. The highest BCUT2D eigenvalue weighted by Gasteiger charge is 2.45. The minimum Gasteiger partial charge on any atom is -0.373 e. The summed E-state index contributed by atoms with van der Waals surface area (Å²) in [5.41, 5.74) is 5.86. The third-order valence-corrected chi connectivity index (χ3v) is 16.0. The fourth-order valence-corrected chi connectivity index (χ4v) is 11.7. The Bertz CT molecular complexity index is 3280. The number of aryl methyl sites for hydroxylation is 2. The molecule has 4 N–H and O–H groups in total. The number of aliphatic imine (C=N–C) groups is 1. The maximum Gasteiger partial charge on any atom is 0.248 e. The van der Waals surface area contributed by atoms with Crippen LogP contribution in [0.3, 0.4) is 0 Å². The number of halogens is 1. The second kappa shape index (κ2) is 23.8. The predicted octanol–water partition coefficient (Wildman–Crippen LogP) is 5.41. The van der Waals surface area contributed by atoms with E-state index in [9.17, 15) is 28.8 Å². The lowest BCUT2D eigenvalue weighted by atomic mass is 9.85. The molecule has 6 amide bonds. The van der Waals surface area contributed by atoms with Crippen LogP contribution >= 0.6 is 22.9 Å². The highest BCUT2D eigenvalue weighted by molar-refractivity contribution is 7.15. The maximum atomic E-state index is 14.7. The van der Waals surface area contributed by atoms with Crippen molar-refractivity contribution in [3.05, 3.63) is 135 Å². The quantitative estimate of drug-likeness (QED) is 0.150. The molecule has 2 bridgehead atoms. The van der Waals surface area contributed by atoms with Crippen molar-refractivity contribution in [2.24, 2.45) is 16.3 Å². The molecule has 6 atom stereocenters. The maximum absolute atomic E-state index is 14.7. The number of carbonyl (C=O) groups excluding carboxylic acids is 6. The van der Waals surface area contributed by atoms with E-state index in [4.69, 9.17) is 21.3 Å². The summed E-state index contributed by atoms with van der Waals surface area (Å²) < 4.78 is 9.40. The molecule has 22 heteroatoms. The average molecular weight is 1110 g/mol. The number of ether oxygens (including phenoxy) is 1. The van der Waals surface area contributed by atoms with E-state index in [1.165, 1.54) is 9.58 Å². The van der Waals surface area contributed by atoms with Crippen LogP contribution in [0.15, 0.2) is 90.1 Å². The Kier molecular flexibility index (Phi) is 16.9. The first kappa shape index (κ1) is 56.1. The predicted molar refractivity (Wildman–Crippen MR) is 298 cm³/mol. The van der Waals surface area contributed by atoms with Crippen LogP contribution in [-0.2, 0) is 46.5 Å². The van der Waals surface area contributed by atoms with Crippen molar-refractivity contribution in [1.29, 1.82) is 0 Å². The number of benzene rings is 3. The van der Waals surface area contributed by atoms with Gasteiger partial charge in [0.25, 0.3) is 0 Å². The number of hydrogen-bond donors (Lipinski definition) is 4. The van der Waals surface area contributed by atoms with Gasteiger partial charge in [0.2, 0.25) is 35.4 Å². The summed E-state index contributed by atoms with van der Waals surface area (Å²) in [6, 6.07) is 19.7. The summed E-state index contributed by atoms with van der Waals surface area (Å²) in [6.07, 6.45) is 1.85. The largest absolute Gasteiger partial charge is 0.373 e. The van der Waals surface area contributed by atoms with Crippen molar-refractivity contribution >= 4 is 64.1 Å². The Balaban J connectivity index is 0.977. The summed E-state index contributed by atoms with van der Waals surface area (Å²) in [5, 5.41) is 30.3. The Labute approximate surface area is 467 Å². The van der Waals surface area contributed by atoms with Gasteiger partial charge < -0.3 is 35.8 Å². The van der Waals surface area contributed by atoms with Crippen LogP contribution in [0.1, 0.15) is 97.1 Å². The van der Waals surface area contributed by atoms with Gasteiger partial charge in [-0.25, -0.2) is 4.68 Å². The molecule has 6 aromatic rings. The number of amides is 6. The summed E-state index contributed by atoms with van der Waals surface area (Å²) in [4.78, 5) is 95.4. The molecule has 1 fully saturated rings. The van der Waals surface area contributed by atoms with Gasteiger partial charge in [0, 0.05) is 54.1 Å². The first-order valence-electron chi connectivity index (χ1n) is 26.4. The van der Waals surface area contributed by atoms with Gasteiger partial charge in [0.15, 0.2) is 5.82 Å². The molecule has 79 heavy (non-hydrogen) atoms. The number of likely N-dealkylation sites (N-methyl/N-ethyl adjacent to an activating group) is 1. The fraction of sp³-hybridized carbons (Fsp3) is 0.421. The van der Waals surface area contributed by atoms with Crippen molar-refractivity contribution in [3.63, 3.8) is 0 Å². The van der Waals surface area contributed by atoms with Crippen LogP contribution in [-0.4, -0.2) is 139 Å². The lowest BCUT2D eigenvalue weighted by molar-refractivity contribution is -0.144. The second-order valence-electron chi connectivity index (χ2n) is 21.7. The van der Waals surface area contributed by atoms with Gasteiger partial charge in [-0.05, 0) is 72.9 Å². The zero-order chi connectivity index (χ0) is 56.3. The average Bonchev–Trinajstić information content (AvgIpc) is 4.40. The molecule has 0 aliphatic carbocycles. The molecular weight excluding hydrogens is 1050 g/mol. The Morgan fingerprint density at radius 2 is 1.57 bits per heavy atom. The van der Waals surface area contributed by atoms with E-state index in [1.807, 2.05) is 120 Å². The topological polar surface area (TPSA) is 240 Å². The molecule has 0 spiro atoms. The summed E-state index contributed by atoms with van der Waals surface area (Å²) in [5.74, 6) is -2.23. The van der Waals surface area contributed by atoms with E-state index in [0.717, 1.165) is 43.3 Å². The lowest BCUT2D eigenvalue weighted by Crippen LogP contribution is -2.57. The molecule has 3 aliphatic heterocycles. The number of thiophene rings is 1. The standard InChI is InChI=1S/C57H66ClN13O7S/c1-32-24-45-53(75)63-43(25-36-14-16-38(17-15-36)37-12-10-9-11-13-37)52(74)60-28-47(73)61-44(54(76)68(8)22-23-78-31-41-30-70(67-65-41)50(57(5,6)7)55(77)69(45)29-32)27-59-46(72)26-42-51-66-64-35(4)71(51)56-48(33(2)34(3)79-56)49(62-42)39-18-20-40(58)21-19-39/h9-21,30,32,42-45,50H,22-29,31H2,1-8H3,(H,59,72)(H,60,74)(H,61,73)(H,63,75)/t32-,42+,43-,44-,45+,50-/m1/s1. The Morgan fingerprint density at radius 1 is 0.861 bits per heavy atom. The number of rotatable bonds is 8. The third-order valence-electron chi connectivity index (χ3n) is 14.6. The highest BCUT2D eigenvalue weighted by Crippen LogP contribution is 2.40. The zero-order valence-corrected chi connectivity index (χ0v) is 47.2. The van der Waals surface area contributed by atoms with Crippen molar-refractivity contribution in [3.8, 4) is 16.1 Å². The van der Waals surface area contributed by atoms with E-state index >= 15 is 0 Å². The molecule has 9 rings (SSSR count). The van der Waals surface area contributed by atoms with Crippen molar-refractivity contribution < 1.29 is 33.5 Å². The van der Waals surface area contributed by atoms with E-state index < -0.39 is 71.7 Å². The normalized spacial score (nSPS) is 21.8. The minimum atomic E-state index is -1.30. The van der Waals surface area contributed by atoms with Crippen molar-refractivity contribution in [2.45, 2.75) is 105 Å². The van der Waals surface area contributed by atoms with Crippen LogP contribution in [0.5, 0.6) is 0 Å². The van der Waals surface area contributed by atoms with E-state index in [1.54, 1.807) is 41.6 Å². The monoisotopic (exact) mass is 1110 g/mol. The number of carbonyl (C=O) groups is 6. The Hall–Kier alpha value is -7.62. The molecule has 3 aromatic carbocycles. The van der Waals surface area contributed by atoms with E-state index in [-0.39, 0.29) is 51.0 Å². The van der Waals surface area contributed by atoms with Gasteiger partial charge in [0.1, 0.15) is 46.7 Å². The van der Waals surface area contributed by atoms with Crippen LogP contribution < -0.4 is 21.3 Å². The van der Waals surface area contributed by atoms with E-state index in [0.29, 0.717) is 41.0 Å². The van der Waals surface area contributed by atoms with Gasteiger partial charge in [-0.2, -0.15) is 0 Å². The van der Waals surface area contributed by atoms with Gasteiger partial charge >= 0.3 is 0 Å². The highest BCUT2D eigenvalue weighted by atomic mass is 35.5. The number of fused-ring (bicyclic) bond motifs is 6. The molecule has 1 saturated heterocycles. The lowest BCUT2D eigenvalue weighted by Gasteiger charge is -2.35. The second-order valence-corrected chi connectivity index (χ2v) is 23.3. The molecule has 414 valence electrons.